The second-order valence-corrected chi connectivity index (χ2v) is 8.29. The lowest BCUT2D eigenvalue weighted by atomic mass is 10.1. The molecule has 1 fully saturated rings. The van der Waals surface area contributed by atoms with Crippen LogP contribution in [-0.4, -0.2) is 61.9 Å². The Bertz CT molecular complexity index is 840. The highest BCUT2D eigenvalue weighted by molar-refractivity contribution is 7.99. The van der Waals surface area contributed by atoms with Crippen LogP contribution in [0.25, 0.3) is 0 Å². The Hall–Kier alpha value is -2.42. The van der Waals surface area contributed by atoms with Gasteiger partial charge in [0, 0.05) is 36.6 Å². The van der Waals surface area contributed by atoms with E-state index >= 15 is 0 Å². The molecule has 0 aromatic heterocycles. The number of hydrogen-bond donors (Lipinski definition) is 2. The summed E-state index contributed by atoms with van der Waals surface area (Å²) in [7, 11) is 0. The molecule has 3 rings (SSSR count). The van der Waals surface area contributed by atoms with Crippen LogP contribution in [0.4, 0.5) is 10.1 Å². The number of anilines is 1. The Morgan fingerprint density at radius 3 is 2.45 bits per heavy atom. The van der Waals surface area contributed by atoms with Crippen molar-refractivity contribution in [3.05, 3.63) is 65.5 Å². The quantitative estimate of drug-likeness (QED) is 0.550. The molecule has 1 saturated heterocycles. The van der Waals surface area contributed by atoms with Crippen LogP contribution < -0.4 is 10.6 Å². The van der Waals surface area contributed by atoms with E-state index in [1.807, 2.05) is 24.3 Å². The minimum atomic E-state index is -0.336. The van der Waals surface area contributed by atoms with E-state index in [-0.39, 0.29) is 17.6 Å². The van der Waals surface area contributed by atoms with Gasteiger partial charge in [-0.05, 0) is 54.9 Å². The number of morpholine rings is 1. The molecule has 0 saturated carbocycles. The Morgan fingerprint density at radius 2 is 1.74 bits per heavy atom. The van der Waals surface area contributed by atoms with Crippen molar-refractivity contribution in [3.63, 3.8) is 0 Å². The van der Waals surface area contributed by atoms with Crippen LogP contribution in [0.5, 0.6) is 0 Å². The van der Waals surface area contributed by atoms with Crippen LogP contribution in [0.1, 0.15) is 22.3 Å². The number of carbonyl (C=O) groups excluding carboxylic acids is 2. The van der Waals surface area contributed by atoms with Gasteiger partial charge in [0.05, 0.1) is 19.0 Å². The molecule has 8 heteroatoms. The summed E-state index contributed by atoms with van der Waals surface area (Å²) in [5.41, 5.74) is 2.25. The number of benzene rings is 2. The molecule has 1 heterocycles. The smallest absolute Gasteiger partial charge is 0.251 e. The van der Waals surface area contributed by atoms with Gasteiger partial charge in [0.1, 0.15) is 5.82 Å². The highest BCUT2D eigenvalue weighted by atomic mass is 32.2. The summed E-state index contributed by atoms with van der Waals surface area (Å²) in [6.07, 6.45) is 0.917. The van der Waals surface area contributed by atoms with Gasteiger partial charge in [-0.2, -0.15) is 0 Å². The van der Waals surface area contributed by atoms with E-state index in [4.69, 9.17) is 4.74 Å². The lowest BCUT2D eigenvalue weighted by Crippen LogP contribution is -2.38. The number of halogens is 1. The number of ether oxygens (including phenoxy) is 1. The highest BCUT2D eigenvalue weighted by Gasteiger charge is 2.10. The zero-order valence-corrected chi connectivity index (χ0v) is 18.3. The largest absolute Gasteiger partial charge is 0.379 e. The predicted octanol–water partition coefficient (Wildman–Crippen LogP) is 3.15. The third kappa shape index (κ3) is 8.32. The van der Waals surface area contributed by atoms with Crippen molar-refractivity contribution in [3.8, 4) is 0 Å². The summed E-state index contributed by atoms with van der Waals surface area (Å²) < 4.78 is 18.2. The van der Waals surface area contributed by atoms with E-state index in [0.29, 0.717) is 29.3 Å². The van der Waals surface area contributed by atoms with E-state index in [1.165, 1.54) is 36.0 Å². The fourth-order valence-electron chi connectivity index (χ4n) is 3.18. The van der Waals surface area contributed by atoms with Crippen LogP contribution in [0.15, 0.2) is 48.5 Å². The van der Waals surface area contributed by atoms with E-state index in [2.05, 4.69) is 15.5 Å². The molecule has 0 atom stereocenters. The predicted molar refractivity (Wildman–Crippen MR) is 122 cm³/mol. The van der Waals surface area contributed by atoms with Crippen molar-refractivity contribution < 1.29 is 18.7 Å². The lowest BCUT2D eigenvalue weighted by Gasteiger charge is -2.26. The second-order valence-electron chi connectivity index (χ2n) is 7.31. The molecule has 6 nitrogen and oxygen atoms in total. The van der Waals surface area contributed by atoms with Crippen molar-refractivity contribution in [2.75, 3.05) is 50.5 Å². The molecule has 0 aliphatic carbocycles. The third-order valence-electron chi connectivity index (χ3n) is 4.89. The van der Waals surface area contributed by atoms with E-state index in [0.717, 1.165) is 44.8 Å². The Labute approximate surface area is 186 Å². The number of nitrogens with one attached hydrogen (secondary N) is 2. The molecule has 166 valence electrons. The average molecular weight is 446 g/mol. The molecule has 2 amide bonds. The SMILES string of the molecule is O=C(CSCc1ccc(C(=O)NCCCN2CCOCC2)cc1)Nc1ccc(F)cc1. The molecule has 1 aliphatic heterocycles. The molecular weight excluding hydrogens is 417 g/mol. The third-order valence-corrected chi connectivity index (χ3v) is 5.89. The molecular formula is C23H28FN3O3S. The monoisotopic (exact) mass is 445 g/mol. The molecule has 2 N–H and O–H groups in total. The van der Waals surface area contributed by atoms with E-state index in [1.54, 1.807) is 0 Å². The number of carbonyl (C=O) groups is 2. The Kier molecular flexibility index (Phi) is 9.33. The standard InChI is InChI=1S/C23H28FN3O3S/c24-20-6-8-21(9-7-20)26-22(28)17-31-16-18-2-4-19(5-3-18)23(29)25-10-1-11-27-12-14-30-15-13-27/h2-9H,1,10-17H2,(H,25,29)(H,26,28). The fraction of sp³-hybridized carbons (Fsp3) is 0.391. The van der Waals surface area contributed by atoms with Gasteiger partial charge >= 0.3 is 0 Å². The number of rotatable bonds is 10. The van der Waals surface area contributed by atoms with Crippen LogP contribution in [0, 0.1) is 5.82 Å². The first kappa shape index (κ1) is 23.2. The summed E-state index contributed by atoms with van der Waals surface area (Å²) in [5, 5.41) is 5.70. The second kappa shape index (κ2) is 12.4. The molecule has 2 aromatic carbocycles. The van der Waals surface area contributed by atoms with Gasteiger partial charge in [0.15, 0.2) is 0 Å². The minimum absolute atomic E-state index is 0.0696. The maximum atomic E-state index is 12.9. The molecule has 2 aromatic rings. The first-order chi connectivity index (χ1) is 15.1. The first-order valence-electron chi connectivity index (χ1n) is 10.4. The molecule has 1 aliphatic rings. The minimum Gasteiger partial charge on any atom is -0.379 e. The van der Waals surface area contributed by atoms with Crippen molar-refractivity contribution in [2.45, 2.75) is 12.2 Å². The van der Waals surface area contributed by atoms with Gasteiger partial charge in [-0.3, -0.25) is 14.5 Å². The summed E-state index contributed by atoms with van der Waals surface area (Å²) in [6, 6.07) is 13.1. The van der Waals surface area contributed by atoms with E-state index in [9.17, 15) is 14.0 Å². The molecule has 0 bridgehead atoms. The van der Waals surface area contributed by atoms with Crippen LogP contribution in [0.2, 0.25) is 0 Å². The van der Waals surface area contributed by atoms with Crippen molar-refractivity contribution in [2.24, 2.45) is 0 Å². The molecule has 0 spiro atoms. The van der Waals surface area contributed by atoms with E-state index < -0.39 is 0 Å². The van der Waals surface area contributed by atoms with Gasteiger partial charge in [0.25, 0.3) is 5.91 Å². The van der Waals surface area contributed by atoms with Gasteiger partial charge in [-0.1, -0.05) is 12.1 Å². The zero-order valence-electron chi connectivity index (χ0n) is 17.4. The van der Waals surface area contributed by atoms with Crippen LogP contribution in [0.3, 0.4) is 0 Å². The van der Waals surface area contributed by atoms with Gasteiger partial charge in [-0.15, -0.1) is 11.8 Å². The normalized spacial score (nSPS) is 14.2. The first-order valence-corrected chi connectivity index (χ1v) is 11.6. The van der Waals surface area contributed by atoms with Crippen molar-refractivity contribution in [1.29, 1.82) is 0 Å². The van der Waals surface area contributed by atoms with Crippen molar-refractivity contribution >= 4 is 29.3 Å². The fourth-order valence-corrected chi connectivity index (χ4v) is 3.96. The van der Waals surface area contributed by atoms with Gasteiger partial charge < -0.3 is 15.4 Å². The molecule has 0 radical (unpaired) electrons. The van der Waals surface area contributed by atoms with Crippen molar-refractivity contribution in [1.82, 2.24) is 10.2 Å². The maximum absolute atomic E-state index is 12.9. The summed E-state index contributed by atoms with van der Waals surface area (Å²) in [6.45, 7) is 5.11. The number of hydrogen-bond acceptors (Lipinski definition) is 5. The number of nitrogens with zero attached hydrogens (tertiary/aromatic N) is 1. The Morgan fingerprint density at radius 1 is 1.03 bits per heavy atom. The molecule has 31 heavy (non-hydrogen) atoms. The zero-order chi connectivity index (χ0) is 21.9. The number of amides is 2. The lowest BCUT2D eigenvalue weighted by molar-refractivity contribution is -0.113. The maximum Gasteiger partial charge on any atom is 0.251 e. The topological polar surface area (TPSA) is 70.7 Å². The number of thioether (sulfide) groups is 1. The summed E-state index contributed by atoms with van der Waals surface area (Å²) >= 11 is 1.48. The summed E-state index contributed by atoms with van der Waals surface area (Å²) in [5.74, 6) is 0.420. The van der Waals surface area contributed by atoms with Gasteiger partial charge in [0.2, 0.25) is 5.91 Å². The average Bonchev–Trinajstić information content (AvgIpc) is 2.79. The summed E-state index contributed by atoms with van der Waals surface area (Å²) in [4.78, 5) is 26.6. The molecule has 0 unspecified atom stereocenters. The Balaban J connectivity index is 1.32. The van der Waals surface area contributed by atoms with Crippen LogP contribution in [-0.2, 0) is 15.3 Å². The van der Waals surface area contributed by atoms with Crippen LogP contribution >= 0.6 is 11.8 Å². The van der Waals surface area contributed by atoms with Gasteiger partial charge in [-0.25, -0.2) is 4.39 Å². The highest BCUT2D eigenvalue weighted by Crippen LogP contribution is 2.15.